The van der Waals surface area contributed by atoms with Crippen molar-refractivity contribution in [2.45, 2.75) is 29.0 Å². The summed E-state index contributed by atoms with van der Waals surface area (Å²) in [6, 6.07) is 15.1. The highest BCUT2D eigenvalue weighted by Crippen LogP contribution is 2.37. The number of benzene rings is 3. The Hall–Kier alpha value is -4.49. The summed E-state index contributed by atoms with van der Waals surface area (Å²) in [6.45, 7) is -0.457. The van der Waals surface area contributed by atoms with Crippen LogP contribution >= 0.6 is 11.3 Å². The predicted molar refractivity (Wildman–Crippen MR) is 154 cm³/mol. The minimum atomic E-state index is -4.49. The lowest BCUT2D eigenvalue weighted by Gasteiger charge is -2.16. The van der Waals surface area contributed by atoms with Crippen LogP contribution in [0.5, 0.6) is 0 Å². The maximum absolute atomic E-state index is 15.4. The van der Waals surface area contributed by atoms with Crippen LogP contribution in [0, 0.1) is 11.6 Å². The monoisotopic (exact) mass is 608 g/mol. The van der Waals surface area contributed by atoms with Crippen LogP contribution in [0.25, 0.3) is 32.2 Å². The first-order valence-electron chi connectivity index (χ1n) is 12.9. The number of carbonyl (C=O) groups is 2. The number of pyridine rings is 1. The summed E-state index contributed by atoms with van der Waals surface area (Å²) in [5.41, 5.74) is 1.35. The van der Waals surface area contributed by atoms with Crippen LogP contribution in [0.15, 0.2) is 76.4 Å². The van der Waals surface area contributed by atoms with Gasteiger partial charge in [-0.2, -0.15) is 0 Å². The molecule has 1 atom stereocenters. The number of nitrogens with one attached hydrogen (secondary N) is 3. The molecule has 2 aromatic heterocycles. The molecular formula is C29H22F2N4O5S2. The van der Waals surface area contributed by atoms with E-state index >= 15 is 4.39 Å². The molecule has 42 heavy (non-hydrogen) atoms. The summed E-state index contributed by atoms with van der Waals surface area (Å²) >= 11 is 0.829. The zero-order valence-electron chi connectivity index (χ0n) is 21.7. The molecule has 3 aromatic carbocycles. The summed E-state index contributed by atoms with van der Waals surface area (Å²) in [5, 5.41) is 3.66. The van der Waals surface area contributed by atoms with E-state index in [4.69, 9.17) is 0 Å². The summed E-state index contributed by atoms with van der Waals surface area (Å²) < 4.78 is 56.6. The number of fused-ring (bicyclic) bond motifs is 2. The van der Waals surface area contributed by atoms with E-state index in [2.05, 4.69) is 20.6 Å². The van der Waals surface area contributed by atoms with Crippen LogP contribution in [-0.2, 0) is 19.4 Å². The van der Waals surface area contributed by atoms with Crippen molar-refractivity contribution in [2.24, 2.45) is 0 Å². The lowest BCUT2D eigenvalue weighted by Crippen LogP contribution is -2.41. The molecule has 0 bridgehead atoms. The van der Waals surface area contributed by atoms with E-state index in [0.29, 0.717) is 21.3 Å². The first-order valence-corrected chi connectivity index (χ1v) is 15.2. The first-order chi connectivity index (χ1) is 20.1. The van der Waals surface area contributed by atoms with Crippen molar-refractivity contribution in [1.29, 1.82) is 0 Å². The number of hydrogen-bond donors (Lipinski definition) is 3. The maximum Gasteiger partial charge on any atom is 0.248 e. The molecule has 2 heterocycles. The summed E-state index contributed by atoms with van der Waals surface area (Å²) in [7, 11) is -4.49. The number of rotatable bonds is 8. The van der Waals surface area contributed by atoms with E-state index < -0.39 is 45.1 Å². The van der Waals surface area contributed by atoms with Crippen molar-refractivity contribution in [1.82, 2.24) is 20.6 Å². The van der Waals surface area contributed by atoms with Gasteiger partial charge < -0.3 is 15.6 Å². The predicted octanol–water partition coefficient (Wildman–Crippen LogP) is 3.99. The van der Waals surface area contributed by atoms with E-state index in [1.165, 1.54) is 12.1 Å². The van der Waals surface area contributed by atoms with Crippen molar-refractivity contribution < 1.29 is 26.8 Å². The summed E-state index contributed by atoms with van der Waals surface area (Å²) in [4.78, 5) is 43.7. The van der Waals surface area contributed by atoms with E-state index in [1.807, 2.05) is 0 Å². The van der Waals surface area contributed by atoms with Crippen LogP contribution in [-0.4, -0.2) is 42.8 Å². The van der Waals surface area contributed by atoms with Gasteiger partial charge in [0.1, 0.15) is 16.3 Å². The molecule has 0 aliphatic heterocycles. The molecule has 1 unspecified atom stereocenters. The van der Waals surface area contributed by atoms with E-state index in [-0.39, 0.29) is 27.0 Å². The number of thiazole rings is 1. The van der Waals surface area contributed by atoms with Crippen molar-refractivity contribution in [3.05, 3.63) is 93.7 Å². The van der Waals surface area contributed by atoms with Gasteiger partial charge in [0.15, 0.2) is 20.9 Å². The Morgan fingerprint density at radius 3 is 2.50 bits per heavy atom. The van der Waals surface area contributed by atoms with Gasteiger partial charge in [-0.15, -0.1) is 11.3 Å². The summed E-state index contributed by atoms with van der Waals surface area (Å²) in [5.74, 6) is -2.88. The zero-order valence-corrected chi connectivity index (χ0v) is 23.3. The number of hydrogen-bond acceptors (Lipinski definition) is 7. The largest absolute Gasteiger partial charge is 0.352 e. The van der Waals surface area contributed by atoms with Crippen molar-refractivity contribution in [3.8, 4) is 11.1 Å². The van der Waals surface area contributed by atoms with E-state index in [9.17, 15) is 27.2 Å². The number of aromatic amines is 1. The fraction of sp³-hybridized carbons (Fsp3) is 0.172. The molecule has 0 spiro atoms. The standard InChI is InChI=1S/C29H22F2N4O5S2/c30-18-3-7-20(8-4-18)42(39,40)27(28(38)32-14-25(37)33-19-5-6-19)29-35-26-21(31)12-17(13-23(26)41-29)15-1-9-22-16(11-15)2-10-24(36)34-22/h1-4,7-13,19,27H,5-6,14H2,(H,32,38)(H,33,37)(H,34,36). The minimum absolute atomic E-state index is 0.0412. The SMILES string of the molecule is O=C(CNC(=O)C(c1nc2c(F)cc(-c3ccc4[nH]c(=O)ccc4c3)cc2s1)S(=O)(=O)c1ccc(F)cc1)NC1CC1. The van der Waals surface area contributed by atoms with Gasteiger partial charge in [-0.05, 0) is 84.0 Å². The number of halogens is 2. The third-order valence-corrected chi connectivity index (χ3v) is 10.0. The Balaban J connectivity index is 1.39. The average Bonchev–Trinajstić information content (AvgIpc) is 3.67. The fourth-order valence-corrected chi connectivity index (χ4v) is 7.53. The van der Waals surface area contributed by atoms with Crippen LogP contribution in [0.1, 0.15) is 23.1 Å². The maximum atomic E-state index is 15.4. The molecule has 5 aromatic rings. The molecule has 2 amide bonds. The number of carbonyl (C=O) groups excluding carboxylic acids is 2. The smallest absolute Gasteiger partial charge is 0.248 e. The fourth-order valence-electron chi connectivity index (χ4n) is 4.53. The van der Waals surface area contributed by atoms with Gasteiger partial charge in [-0.25, -0.2) is 22.2 Å². The molecule has 1 fully saturated rings. The van der Waals surface area contributed by atoms with Gasteiger partial charge in [-0.1, -0.05) is 6.07 Å². The highest BCUT2D eigenvalue weighted by molar-refractivity contribution is 7.92. The Kier molecular flexibility index (Phi) is 7.07. The number of nitrogens with zero attached hydrogens (tertiary/aromatic N) is 1. The first kappa shape index (κ1) is 27.7. The Morgan fingerprint density at radius 1 is 1.00 bits per heavy atom. The molecule has 0 saturated heterocycles. The number of amides is 2. The molecular weight excluding hydrogens is 586 g/mol. The molecule has 13 heteroatoms. The number of H-pyrrole nitrogens is 1. The molecule has 1 aliphatic rings. The topological polar surface area (TPSA) is 138 Å². The van der Waals surface area contributed by atoms with Gasteiger partial charge in [0, 0.05) is 17.6 Å². The molecule has 1 aliphatic carbocycles. The van der Waals surface area contributed by atoms with Crippen LogP contribution < -0.4 is 16.2 Å². The van der Waals surface area contributed by atoms with Crippen molar-refractivity contribution >= 4 is 54.1 Å². The number of sulfone groups is 1. The van der Waals surface area contributed by atoms with Crippen molar-refractivity contribution in [2.75, 3.05) is 6.54 Å². The average molecular weight is 609 g/mol. The highest BCUT2D eigenvalue weighted by atomic mass is 32.2. The van der Waals surface area contributed by atoms with Crippen LogP contribution in [0.3, 0.4) is 0 Å². The van der Waals surface area contributed by atoms with Crippen LogP contribution in [0.4, 0.5) is 8.78 Å². The molecule has 6 rings (SSSR count). The Morgan fingerprint density at radius 2 is 1.76 bits per heavy atom. The van der Waals surface area contributed by atoms with Gasteiger partial charge in [0.2, 0.25) is 17.4 Å². The Bertz CT molecular complexity index is 2040. The second-order valence-corrected chi connectivity index (χ2v) is 13.0. The van der Waals surface area contributed by atoms with Crippen LogP contribution in [0.2, 0.25) is 0 Å². The lowest BCUT2D eigenvalue weighted by molar-refractivity contribution is -0.126. The van der Waals surface area contributed by atoms with Crippen molar-refractivity contribution in [3.63, 3.8) is 0 Å². The summed E-state index contributed by atoms with van der Waals surface area (Å²) in [6.07, 6.45) is 1.67. The van der Waals surface area contributed by atoms with E-state index in [0.717, 1.165) is 53.8 Å². The third-order valence-electron chi connectivity index (χ3n) is 6.80. The Labute approximate surface area is 241 Å². The van der Waals surface area contributed by atoms with Gasteiger partial charge in [0.05, 0.1) is 16.1 Å². The molecule has 1 saturated carbocycles. The molecule has 214 valence electrons. The van der Waals surface area contributed by atoms with Gasteiger partial charge in [0.25, 0.3) is 0 Å². The van der Waals surface area contributed by atoms with Gasteiger partial charge >= 0.3 is 0 Å². The quantitative estimate of drug-likeness (QED) is 0.228. The third kappa shape index (κ3) is 5.52. The molecule has 9 nitrogen and oxygen atoms in total. The number of aromatic nitrogens is 2. The molecule has 0 radical (unpaired) electrons. The normalized spacial score (nSPS) is 14.1. The lowest BCUT2D eigenvalue weighted by atomic mass is 10.0. The minimum Gasteiger partial charge on any atom is -0.352 e. The zero-order chi connectivity index (χ0) is 29.6. The van der Waals surface area contributed by atoms with Gasteiger partial charge in [-0.3, -0.25) is 14.4 Å². The second kappa shape index (κ2) is 10.7. The molecule has 3 N–H and O–H groups in total. The second-order valence-electron chi connectivity index (χ2n) is 9.92. The van der Waals surface area contributed by atoms with E-state index in [1.54, 1.807) is 30.3 Å². The highest BCUT2D eigenvalue weighted by Gasteiger charge is 2.39.